The summed E-state index contributed by atoms with van der Waals surface area (Å²) in [6, 6.07) is 17.4. The number of ether oxygens (including phenoxy) is 1. The van der Waals surface area contributed by atoms with Gasteiger partial charge in [0.1, 0.15) is 0 Å². The third-order valence-corrected chi connectivity index (χ3v) is 10.5. The molecule has 4 aromatic rings. The Morgan fingerprint density at radius 2 is 1.45 bits per heavy atom. The van der Waals surface area contributed by atoms with Crippen LogP contribution in [0.5, 0.6) is 5.88 Å². The summed E-state index contributed by atoms with van der Waals surface area (Å²) in [6.45, 7) is 3.58. The summed E-state index contributed by atoms with van der Waals surface area (Å²) < 4.78 is 5.64. The lowest BCUT2D eigenvalue weighted by Gasteiger charge is -2.17. The molecule has 2 fully saturated rings. The van der Waals surface area contributed by atoms with Crippen molar-refractivity contribution in [1.82, 2.24) is 36.1 Å². The fourth-order valence-corrected chi connectivity index (χ4v) is 7.57. The molecule has 264 valence electrons. The molecule has 0 aliphatic carbocycles. The molecule has 2 saturated heterocycles. The highest BCUT2D eigenvalue weighted by molar-refractivity contribution is 6.39. The Labute approximate surface area is 306 Å². The number of amides is 3. The first kappa shape index (κ1) is 34.9. The van der Waals surface area contributed by atoms with Gasteiger partial charge in [-0.15, -0.1) is 0 Å². The maximum absolute atomic E-state index is 13.4. The number of carbonyl (C=O) groups is 3. The highest BCUT2D eigenvalue weighted by atomic mass is 35.5. The minimum Gasteiger partial charge on any atom is -0.481 e. The van der Waals surface area contributed by atoms with Gasteiger partial charge in [-0.05, 0) is 25.0 Å². The maximum atomic E-state index is 13.4. The highest BCUT2D eigenvalue weighted by Crippen LogP contribution is 2.42. The van der Waals surface area contributed by atoms with Gasteiger partial charge in [-0.3, -0.25) is 19.4 Å². The zero-order valence-corrected chi connectivity index (χ0v) is 29.7. The predicted octanol–water partition coefficient (Wildman–Crippen LogP) is 4.99. The van der Waals surface area contributed by atoms with E-state index in [4.69, 9.17) is 37.9 Å². The van der Waals surface area contributed by atoms with Gasteiger partial charge >= 0.3 is 0 Å². The fraction of sp³-hybridized carbons (Fsp3) is 0.342. The van der Waals surface area contributed by atoms with Crippen molar-refractivity contribution in [3.8, 4) is 39.5 Å². The van der Waals surface area contributed by atoms with Gasteiger partial charge in [0.25, 0.3) is 5.91 Å². The van der Waals surface area contributed by atoms with Crippen LogP contribution in [-0.4, -0.2) is 78.0 Å². The van der Waals surface area contributed by atoms with E-state index < -0.39 is 0 Å². The molecule has 51 heavy (non-hydrogen) atoms. The minimum atomic E-state index is -0.0420. The lowest BCUT2D eigenvalue weighted by molar-refractivity contribution is -0.120. The van der Waals surface area contributed by atoms with Gasteiger partial charge in [0.2, 0.25) is 17.7 Å². The molecule has 2 aromatic carbocycles. The fourth-order valence-electron chi connectivity index (χ4n) is 6.92. The molecule has 11 nitrogen and oxygen atoms in total. The highest BCUT2D eigenvalue weighted by Gasteiger charge is 2.29. The van der Waals surface area contributed by atoms with Crippen molar-refractivity contribution in [2.75, 3.05) is 33.3 Å². The molecule has 0 radical (unpaired) electrons. The van der Waals surface area contributed by atoms with Crippen LogP contribution in [0.15, 0.2) is 60.8 Å². The van der Waals surface area contributed by atoms with Crippen molar-refractivity contribution in [3.63, 3.8) is 0 Å². The lowest BCUT2D eigenvalue weighted by Crippen LogP contribution is -2.39. The molecule has 3 aliphatic heterocycles. The number of halogens is 2. The SMILES string of the molecule is COc1nc(-c2cccc(-c3cccc(-c4cc5c(cn4)CN(CCNC[C@@H]4CCC(=O)N4)C5=O)c3Cl)c2Cl)ccc1CNC[C@@H]1CCC(=O)N1. The number of hydrogen-bond acceptors (Lipinski definition) is 8. The minimum absolute atomic E-state index is 0.0420. The predicted molar refractivity (Wildman–Crippen MR) is 197 cm³/mol. The number of hydrogen-bond donors (Lipinski definition) is 4. The second-order valence-corrected chi connectivity index (χ2v) is 13.8. The first-order valence-electron chi connectivity index (χ1n) is 17.2. The quantitative estimate of drug-likeness (QED) is 0.142. The Balaban J connectivity index is 1.06. The Kier molecular flexibility index (Phi) is 10.5. The van der Waals surface area contributed by atoms with Crippen LogP contribution in [0.4, 0.5) is 0 Å². The van der Waals surface area contributed by atoms with E-state index in [0.29, 0.717) is 90.6 Å². The van der Waals surface area contributed by atoms with Crippen molar-refractivity contribution in [3.05, 3.63) is 87.5 Å². The first-order chi connectivity index (χ1) is 24.8. The number of carbonyl (C=O) groups excluding carboxylic acids is 3. The normalized spacial score (nSPS) is 18.3. The molecule has 3 amide bonds. The molecule has 0 unspecified atom stereocenters. The van der Waals surface area contributed by atoms with E-state index in [0.717, 1.165) is 40.7 Å². The van der Waals surface area contributed by atoms with Crippen LogP contribution in [0.2, 0.25) is 10.0 Å². The summed E-state index contributed by atoms with van der Waals surface area (Å²) >= 11 is 14.2. The van der Waals surface area contributed by atoms with E-state index in [1.807, 2.05) is 59.5 Å². The number of rotatable bonds is 13. The molecule has 5 heterocycles. The summed E-state index contributed by atoms with van der Waals surface area (Å²) in [5.74, 6) is 0.633. The Morgan fingerprint density at radius 3 is 2.08 bits per heavy atom. The maximum Gasteiger partial charge on any atom is 0.254 e. The van der Waals surface area contributed by atoms with Crippen molar-refractivity contribution in [2.24, 2.45) is 0 Å². The van der Waals surface area contributed by atoms with E-state index in [9.17, 15) is 14.4 Å². The van der Waals surface area contributed by atoms with Gasteiger partial charge in [-0.25, -0.2) is 4.98 Å². The first-order valence-corrected chi connectivity index (χ1v) is 17.9. The number of pyridine rings is 2. The zero-order chi connectivity index (χ0) is 35.5. The molecular formula is C38H39Cl2N7O4. The van der Waals surface area contributed by atoms with E-state index in [-0.39, 0.29) is 29.8 Å². The van der Waals surface area contributed by atoms with Gasteiger partial charge in [-0.2, -0.15) is 0 Å². The largest absolute Gasteiger partial charge is 0.481 e. The third kappa shape index (κ3) is 7.57. The molecule has 13 heteroatoms. The molecular weight excluding hydrogens is 689 g/mol. The number of benzene rings is 2. The summed E-state index contributed by atoms with van der Waals surface area (Å²) in [4.78, 5) is 47.6. The monoisotopic (exact) mass is 727 g/mol. The van der Waals surface area contributed by atoms with Crippen LogP contribution in [-0.2, 0) is 22.7 Å². The second-order valence-electron chi connectivity index (χ2n) is 13.1. The summed E-state index contributed by atoms with van der Waals surface area (Å²) in [5.41, 5.74) is 6.53. The zero-order valence-electron chi connectivity index (χ0n) is 28.2. The summed E-state index contributed by atoms with van der Waals surface area (Å²) in [7, 11) is 1.59. The second kappa shape index (κ2) is 15.4. The molecule has 7 rings (SSSR count). The van der Waals surface area contributed by atoms with Crippen molar-refractivity contribution < 1.29 is 19.1 Å². The lowest BCUT2D eigenvalue weighted by atomic mass is 9.97. The molecule has 0 bridgehead atoms. The van der Waals surface area contributed by atoms with Gasteiger partial charge in [0, 0.05) is 109 Å². The van der Waals surface area contributed by atoms with Crippen molar-refractivity contribution in [1.29, 1.82) is 0 Å². The summed E-state index contributed by atoms with van der Waals surface area (Å²) in [6.07, 6.45) is 4.55. The molecule has 2 atom stereocenters. The van der Waals surface area contributed by atoms with Gasteiger partial charge in [0.15, 0.2) is 0 Å². The molecule has 0 spiro atoms. The Hall–Kier alpha value is -4.55. The number of nitrogens with one attached hydrogen (secondary N) is 4. The molecule has 3 aliphatic rings. The van der Waals surface area contributed by atoms with E-state index in [1.54, 1.807) is 13.3 Å². The van der Waals surface area contributed by atoms with Gasteiger partial charge < -0.3 is 30.9 Å². The van der Waals surface area contributed by atoms with Gasteiger partial charge in [-0.1, -0.05) is 65.7 Å². The topological polar surface area (TPSA) is 138 Å². The molecule has 4 N–H and O–H groups in total. The average molecular weight is 729 g/mol. The number of methoxy groups -OCH3 is 1. The van der Waals surface area contributed by atoms with Crippen LogP contribution >= 0.6 is 23.2 Å². The van der Waals surface area contributed by atoms with Crippen molar-refractivity contribution in [2.45, 2.75) is 50.9 Å². The smallest absolute Gasteiger partial charge is 0.254 e. The van der Waals surface area contributed by atoms with E-state index in [1.165, 1.54) is 0 Å². The third-order valence-electron chi connectivity index (χ3n) is 9.66. The standard InChI is InChI=1S/C38H39Cl2N7O4/c1-51-37-22(17-42-20-25-10-13-34(49)45-25)8-11-31(46-37)28-6-2-4-26(35(28)39)27-5-3-7-29(36(27)40)32-16-30-23(18-43-32)21-47(38(30)50)15-14-41-19-24-9-12-33(48)44-24/h2-8,11,16,18,24-25,41-42H,9-10,12-15,17,19-21H2,1H3,(H,44,48)(H,45,49)/t24-,25-/m0/s1. The van der Waals surface area contributed by atoms with Crippen LogP contribution < -0.4 is 26.0 Å². The van der Waals surface area contributed by atoms with Crippen LogP contribution in [0.25, 0.3) is 33.6 Å². The van der Waals surface area contributed by atoms with E-state index in [2.05, 4.69) is 21.3 Å². The van der Waals surface area contributed by atoms with Crippen LogP contribution in [0, 0.1) is 0 Å². The van der Waals surface area contributed by atoms with E-state index >= 15 is 0 Å². The number of aromatic nitrogens is 2. The summed E-state index contributed by atoms with van der Waals surface area (Å²) in [5, 5.41) is 13.6. The van der Waals surface area contributed by atoms with Crippen molar-refractivity contribution >= 4 is 40.9 Å². The number of nitrogens with zero attached hydrogens (tertiary/aromatic N) is 3. The Bertz CT molecular complexity index is 1990. The molecule has 0 saturated carbocycles. The van der Waals surface area contributed by atoms with Crippen LogP contribution in [0.3, 0.4) is 0 Å². The molecule has 2 aromatic heterocycles. The Morgan fingerprint density at radius 1 is 0.824 bits per heavy atom. The average Bonchev–Trinajstić information content (AvgIpc) is 3.84. The van der Waals surface area contributed by atoms with Crippen LogP contribution in [0.1, 0.15) is 47.2 Å². The van der Waals surface area contributed by atoms with Gasteiger partial charge in [0.05, 0.1) is 28.5 Å². The number of fused-ring (bicyclic) bond motifs is 1.